The van der Waals surface area contributed by atoms with Crippen LogP contribution in [0.4, 0.5) is 4.79 Å². The summed E-state index contributed by atoms with van der Waals surface area (Å²) in [6.07, 6.45) is 8.78. The lowest BCUT2D eigenvalue weighted by Crippen LogP contribution is -2.51. The quantitative estimate of drug-likeness (QED) is 0.109. The number of imidazole rings is 2. The van der Waals surface area contributed by atoms with E-state index in [1.54, 1.807) is 22.2 Å². The molecular formula is C48H48N10O7. The third kappa shape index (κ3) is 7.80. The van der Waals surface area contributed by atoms with E-state index in [0.717, 1.165) is 75.5 Å². The van der Waals surface area contributed by atoms with E-state index in [1.807, 2.05) is 56.3 Å². The van der Waals surface area contributed by atoms with E-state index in [0.29, 0.717) is 49.9 Å². The van der Waals surface area contributed by atoms with Crippen molar-refractivity contribution in [2.24, 2.45) is 5.92 Å². The predicted molar refractivity (Wildman–Crippen MR) is 236 cm³/mol. The van der Waals surface area contributed by atoms with Crippen LogP contribution in [0.2, 0.25) is 0 Å². The van der Waals surface area contributed by atoms with Crippen LogP contribution in [-0.2, 0) is 27.5 Å². The molecule has 0 aliphatic carbocycles. The first-order chi connectivity index (χ1) is 31.6. The number of aromatic amines is 2. The first-order valence-corrected chi connectivity index (χ1v) is 21.9. The number of rotatable bonds is 11. The molecule has 4 amide bonds. The summed E-state index contributed by atoms with van der Waals surface area (Å²) in [6, 6.07) is 16.7. The lowest BCUT2D eigenvalue weighted by Gasteiger charge is -2.30. The van der Waals surface area contributed by atoms with Crippen LogP contribution in [0.25, 0.3) is 33.6 Å². The summed E-state index contributed by atoms with van der Waals surface area (Å²) < 4.78 is 17.7. The highest BCUT2D eigenvalue weighted by molar-refractivity contribution is 5.96. The second kappa shape index (κ2) is 17.2. The first kappa shape index (κ1) is 41.5. The number of carbonyl (C=O) groups is 4. The minimum absolute atomic E-state index is 0.132. The fourth-order valence-corrected chi connectivity index (χ4v) is 9.53. The zero-order valence-electron chi connectivity index (χ0n) is 36.2. The Bertz CT molecular complexity index is 2740. The van der Waals surface area contributed by atoms with Crippen molar-refractivity contribution in [3.63, 3.8) is 0 Å². The number of alkyl carbamates (subject to hydrolysis) is 1. The molecule has 0 unspecified atom stereocenters. The van der Waals surface area contributed by atoms with Gasteiger partial charge in [0, 0.05) is 52.7 Å². The molecule has 65 heavy (non-hydrogen) atoms. The van der Waals surface area contributed by atoms with Gasteiger partial charge in [-0.2, -0.15) is 0 Å². The summed E-state index contributed by atoms with van der Waals surface area (Å²) in [5.41, 5.74) is 8.14. The van der Waals surface area contributed by atoms with Gasteiger partial charge in [-0.05, 0) is 67.5 Å². The fraction of sp³-hybridized carbons (Fsp3) is 0.333. The van der Waals surface area contributed by atoms with E-state index >= 15 is 0 Å². The van der Waals surface area contributed by atoms with Gasteiger partial charge >= 0.3 is 6.09 Å². The Morgan fingerprint density at radius 2 is 1.34 bits per heavy atom. The van der Waals surface area contributed by atoms with Gasteiger partial charge in [-0.25, -0.2) is 24.7 Å². The number of hydrogen-bond donors (Lipinski definition) is 4. The monoisotopic (exact) mass is 876 g/mol. The molecule has 17 nitrogen and oxygen atoms in total. The molecule has 2 fully saturated rings. The summed E-state index contributed by atoms with van der Waals surface area (Å²) in [4.78, 5) is 81.5. The highest BCUT2D eigenvalue weighted by atomic mass is 16.5. The van der Waals surface area contributed by atoms with Crippen LogP contribution in [0.5, 0.6) is 11.5 Å². The third-order valence-corrected chi connectivity index (χ3v) is 12.8. The first-order valence-electron chi connectivity index (χ1n) is 21.9. The van der Waals surface area contributed by atoms with Crippen LogP contribution in [0.15, 0.2) is 85.6 Å². The summed E-state index contributed by atoms with van der Waals surface area (Å²) in [5, 5.41) is 5.62. The summed E-state index contributed by atoms with van der Waals surface area (Å²) in [6.45, 7) is 5.53. The van der Waals surface area contributed by atoms with Gasteiger partial charge in [0.05, 0.1) is 43.0 Å². The topological polar surface area (TPSA) is 210 Å². The number of aromatic nitrogens is 6. The zero-order valence-corrected chi connectivity index (χ0v) is 36.2. The van der Waals surface area contributed by atoms with Crippen molar-refractivity contribution >= 4 is 23.8 Å². The molecule has 0 spiro atoms. The van der Waals surface area contributed by atoms with Gasteiger partial charge in [0.2, 0.25) is 11.8 Å². The van der Waals surface area contributed by atoms with Gasteiger partial charge in [0.15, 0.2) is 0 Å². The molecular weight excluding hydrogens is 829 g/mol. The second-order valence-corrected chi connectivity index (χ2v) is 17.1. The molecule has 10 rings (SSSR count). The summed E-state index contributed by atoms with van der Waals surface area (Å²) in [5.74, 6) is 1.85. The van der Waals surface area contributed by atoms with Crippen molar-refractivity contribution in [1.29, 1.82) is 0 Å². The van der Waals surface area contributed by atoms with Gasteiger partial charge in [-0.1, -0.05) is 44.2 Å². The van der Waals surface area contributed by atoms with Crippen LogP contribution in [0.1, 0.15) is 96.5 Å². The van der Waals surface area contributed by atoms with E-state index in [4.69, 9.17) is 24.2 Å². The molecule has 0 saturated carbocycles. The van der Waals surface area contributed by atoms with Crippen molar-refractivity contribution in [3.05, 3.63) is 120 Å². The maximum atomic E-state index is 14.4. The average molecular weight is 877 g/mol. The number of ether oxygens (including phenoxy) is 3. The largest absolute Gasteiger partial charge is 0.488 e. The highest BCUT2D eigenvalue weighted by Crippen LogP contribution is 2.51. The fourth-order valence-electron chi connectivity index (χ4n) is 9.53. The van der Waals surface area contributed by atoms with E-state index in [9.17, 15) is 19.2 Å². The van der Waals surface area contributed by atoms with Crippen LogP contribution in [0, 0.1) is 5.92 Å². The van der Waals surface area contributed by atoms with Gasteiger partial charge in [-0.3, -0.25) is 14.4 Å². The minimum Gasteiger partial charge on any atom is -0.488 e. The molecule has 4 aliphatic rings. The maximum Gasteiger partial charge on any atom is 0.407 e. The minimum atomic E-state index is -0.928. The number of nitrogens with zero attached hydrogens (tertiary/aromatic N) is 6. The maximum absolute atomic E-state index is 14.4. The standard InChI is InChI=1S/C48H48N10O7/c1-26(2)41(56-48(62)63-3)46(60)57-15-7-11-35(57)43-50-21-33(53-43)28-17-30-23-65-38-20-29(18-31-24-64-37(19-28)39(30)40(31)38)34-22-51-44(54-34)36-12-8-16-58(36)47(61)42(27-9-5-4-6-10-27)55-45(59)32-13-14-49-25-52-32/h4-6,9-10,13-14,17-22,25-26,35-36,41-42H,7-8,11-12,15-16,23-24H2,1-3H3,(H,50,53)(H,51,54)(H,55,59)(H,56,62)/t35-,36-,41-,42+/m0/s1. The van der Waals surface area contributed by atoms with E-state index < -0.39 is 24.1 Å². The van der Waals surface area contributed by atoms with Crippen molar-refractivity contribution in [3.8, 4) is 45.1 Å². The van der Waals surface area contributed by atoms with Gasteiger partial charge in [-0.15, -0.1) is 0 Å². The van der Waals surface area contributed by atoms with Crippen LogP contribution < -0.4 is 20.1 Å². The van der Waals surface area contributed by atoms with E-state index in [-0.39, 0.29) is 35.5 Å². The van der Waals surface area contributed by atoms with Gasteiger partial charge in [0.25, 0.3) is 5.91 Å². The molecule has 3 aromatic heterocycles. The average Bonchev–Trinajstić information content (AvgIpc) is 4.19. The molecule has 6 aromatic rings. The predicted octanol–water partition coefficient (Wildman–Crippen LogP) is 6.59. The molecule has 3 aromatic carbocycles. The lowest BCUT2D eigenvalue weighted by molar-refractivity contribution is -0.135. The number of methoxy groups -OCH3 is 1. The summed E-state index contributed by atoms with van der Waals surface area (Å²) in [7, 11) is 1.29. The normalized spacial score (nSPS) is 18.0. The molecule has 0 radical (unpaired) electrons. The van der Waals surface area contributed by atoms with Crippen molar-refractivity contribution < 1.29 is 33.4 Å². The van der Waals surface area contributed by atoms with Crippen LogP contribution >= 0.6 is 0 Å². The smallest absolute Gasteiger partial charge is 0.407 e. The Morgan fingerprint density at radius 3 is 1.88 bits per heavy atom. The number of carbonyl (C=O) groups excluding carboxylic acids is 4. The molecule has 7 heterocycles. The molecule has 4 aliphatic heterocycles. The van der Waals surface area contributed by atoms with Crippen molar-refractivity contribution in [1.82, 2.24) is 50.3 Å². The molecule has 4 N–H and O–H groups in total. The Hall–Kier alpha value is -7.56. The number of likely N-dealkylation sites (tertiary alicyclic amines) is 2. The molecule has 0 bridgehead atoms. The Labute approximate surface area is 374 Å². The summed E-state index contributed by atoms with van der Waals surface area (Å²) >= 11 is 0. The van der Waals surface area contributed by atoms with E-state index in [1.165, 1.54) is 25.7 Å². The van der Waals surface area contributed by atoms with Crippen LogP contribution in [-0.4, -0.2) is 89.8 Å². The van der Waals surface area contributed by atoms with Gasteiger partial charge < -0.3 is 44.6 Å². The Morgan fingerprint density at radius 1 is 0.754 bits per heavy atom. The third-order valence-electron chi connectivity index (χ3n) is 12.8. The Kier molecular flexibility index (Phi) is 11.0. The SMILES string of the molecule is COC(=O)N[C@H](C(=O)N1CCC[C@H]1c1ncc(-c2cc3c4c(c2)OCc2cc(-c5cnc([C@@H]6CCCN6C(=O)[C@H](NC(=O)c6ccncn6)c6ccccc6)[nH]5)cc(c2-4)OC3)[nH]1)C(C)C. The Balaban J connectivity index is 0.874. The number of nitrogens with one attached hydrogen (secondary N) is 4. The number of hydrogen-bond acceptors (Lipinski definition) is 11. The van der Waals surface area contributed by atoms with Crippen LogP contribution in [0.3, 0.4) is 0 Å². The molecule has 4 atom stereocenters. The highest BCUT2D eigenvalue weighted by Gasteiger charge is 2.39. The number of amides is 4. The zero-order chi connectivity index (χ0) is 44.8. The number of H-pyrrole nitrogens is 2. The van der Waals surface area contributed by atoms with Crippen molar-refractivity contribution in [2.75, 3.05) is 20.2 Å². The van der Waals surface area contributed by atoms with Crippen molar-refractivity contribution in [2.45, 2.75) is 76.9 Å². The lowest BCUT2D eigenvalue weighted by atomic mass is 9.87. The number of benzene rings is 3. The molecule has 2 saturated heterocycles. The van der Waals surface area contributed by atoms with Gasteiger partial charge in [0.1, 0.15) is 60.5 Å². The molecule has 17 heteroatoms. The second-order valence-electron chi connectivity index (χ2n) is 17.1. The van der Waals surface area contributed by atoms with E-state index in [2.05, 4.69) is 42.7 Å². The molecule has 332 valence electrons.